The second kappa shape index (κ2) is 7.71. The van der Waals surface area contributed by atoms with Crippen LogP contribution in [0.1, 0.15) is 24.4 Å². The maximum Gasteiger partial charge on any atom is 0.387 e. The van der Waals surface area contributed by atoms with Crippen LogP contribution < -0.4 is 10.1 Å². The van der Waals surface area contributed by atoms with Crippen LogP contribution in [0.2, 0.25) is 0 Å². The normalized spacial score (nSPS) is 12.1. The Morgan fingerprint density at radius 2 is 2.21 bits per heavy atom. The van der Waals surface area contributed by atoms with Gasteiger partial charge >= 0.3 is 12.6 Å². The van der Waals surface area contributed by atoms with Gasteiger partial charge in [-0.3, -0.25) is 0 Å². The van der Waals surface area contributed by atoms with Crippen molar-refractivity contribution in [2.75, 3.05) is 7.05 Å². The Labute approximate surface area is 138 Å². The SMILES string of the molecule is C[C@@H](NC(=O)N(C)Cc1cccc(OC(F)F)c1)c1nncn1C. The molecule has 0 bridgehead atoms. The summed E-state index contributed by atoms with van der Waals surface area (Å²) in [6.45, 7) is -0.835. The van der Waals surface area contributed by atoms with E-state index in [-0.39, 0.29) is 24.4 Å². The first kappa shape index (κ1) is 17.6. The minimum Gasteiger partial charge on any atom is -0.435 e. The molecule has 2 aromatic rings. The average molecular weight is 339 g/mol. The first-order valence-corrected chi connectivity index (χ1v) is 7.26. The third-order valence-electron chi connectivity index (χ3n) is 3.36. The highest BCUT2D eigenvalue weighted by atomic mass is 19.3. The maximum absolute atomic E-state index is 12.2. The van der Waals surface area contributed by atoms with Crippen LogP contribution >= 0.6 is 0 Å². The van der Waals surface area contributed by atoms with Gasteiger partial charge in [-0.05, 0) is 24.6 Å². The minimum absolute atomic E-state index is 0.0590. The van der Waals surface area contributed by atoms with Gasteiger partial charge in [0.25, 0.3) is 0 Å². The van der Waals surface area contributed by atoms with Gasteiger partial charge in [0.05, 0.1) is 6.04 Å². The molecule has 9 heteroatoms. The zero-order valence-electron chi connectivity index (χ0n) is 13.6. The minimum atomic E-state index is -2.88. The molecule has 1 aromatic carbocycles. The van der Waals surface area contributed by atoms with Gasteiger partial charge in [0.1, 0.15) is 12.1 Å². The molecule has 1 heterocycles. The van der Waals surface area contributed by atoms with Gasteiger partial charge in [-0.15, -0.1) is 10.2 Å². The molecule has 130 valence electrons. The smallest absolute Gasteiger partial charge is 0.387 e. The van der Waals surface area contributed by atoms with Gasteiger partial charge in [0, 0.05) is 20.6 Å². The number of urea groups is 1. The van der Waals surface area contributed by atoms with E-state index in [4.69, 9.17) is 0 Å². The number of nitrogens with zero attached hydrogens (tertiary/aromatic N) is 4. The Morgan fingerprint density at radius 3 is 2.83 bits per heavy atom. The van der Waals surface area contributed by atoms with E-state index >= 15 is 0 Å². The molecule has 1 N–H and O–H groups in total. The number of hydrogen-bond donors (Lipinski definition) is 1. The number of benzene rings is 1. The van der Waals surface area contributed by atoms with Gasteiger partial charge in [-0.25, -0.2) is 4.79 Å². The van der Waals surface area contributed by atoms with Crippen LogP contribution in [-0.2, 0) is 13.6 Å². The number of halogens is 2. The summed E-state index contributed by atoms with van der Waals surface area (Å²) in [6, 6.07) is 5.61. The second-order valence-electron chi connectivity index (χ2n) is 5.35. The average Bonchev–Trinajstić information content (AvgIpc) is 2.93. The summed E-state index contributed by atoms with van der Waals surface area (Å²) in [7, 11) is 3.40. The van der Waals surface area contributed by atoms with Crippen LogP contribution in [-0.4, -0.2) is 39.4 Å². The molecule has 0 aliphatic heterocycles. The topological polar surface area (TPSA) is 72.3 Å². The first-order valence-electron chi connectivity index (χ1n) is 7.26. The van der Waals surface area contributed by atoms with Gasteiger partial charge < -0.3 is 19.5 Å². The summed E-state index contributed by atoms with van der Waals surface area (Å²) in [5, 5.41) is 10.5. The highest BCUT2D eigenvalue weighted by Crippen LogP contribution is 2.17. The Hall–Kier alpha value is -2.71. The summed E-state index contributed by atoms with van der Waals surface area (Å²) < 4.78 is 30.6. The lowest BCUT2D eigenvalue weighted by Gasteiger charge is -2.21. The van der Waals surface area contributed by atoms with Gasteiger partial charge in [-0.1, -0.05) is 12.1 Å². The van der Waals surface area contributed by atoms with Crippen molar-refractivity contribution in [2.24, 2.45) is 7.05 Å². The number of aromatic nitrogens is 3. The molecule has 0 saturated carbocycles. The third kappa shape index (κ3) is 4.64. The second-order valence-corrected chi connectivity index (χ2v) is 5.35. The number of rotatable bonds is 6. The van der Waals surface area contributed by atoms with E-state index in [0.717, 1.165) is 0 Å². The van der Waals surface area contributed by atoms with Crippen LogP contribution in [0.3, 0.4) is 0 Å². The standard InChI is InChI=1S/C15H19F2N5O2/c1-10(13-20-18-9-22(13)3)19-15(23)21(2)8-11-5-4-6-12(7-11)24-14(16)17/h4-7,9-10,14H,8H2,1-3H3,(H,19,23)/t10-/m1/s1. The molecule has 24 heavy (non-hydrogen) atoms. The summed E-state index contributed by atoms with van der Waals surface area (Å²) in [6.07, 6.45) is 1.55. The molecule has 0 aliphatic rings. The van der Waals surface area contributed by atoms with E-state index in [2.05, 4.69) is 20.3 Å². The molecule has 1 aromatic heterocycles. The van der Waals surface area contributed by atoms with Gasteiger partial charge in [-0.2, -0.15) is 8.78 Å². The lowest BCUT2D eigenvalue weighted by atomic mass is 10.2. The van der Waals surface area contributed by atoms with Crippen LogP contribution in [0, 0.1) is 0 Å². The lowest BCUT2D eigenvalue weighted by molar-refractivity contribution is -0.0499. The largest absolute Gasteiger partial charge is 0.435 e. The molecule has 0 saturated heterocycles. The predicted molar refractivity (Wildman–Crippen MR) is 82.5 cm³/mol. The summed E-state index contributed by atoms with van der Waals surface area (Å²) in [5.74, 6) is 0.688. The number of carbonyl (C=O) groups excluding carboxylic acids is 1. The molecule has 1 atom stereocenters. The summed E-state index contributed by atoms with van der Waals surface area (Å²) in [4.78, 5) is 13.7. The number of amides is 2. The van der Waals surface area contributed by atoms with Gasteiger partial charge in [0.2, 0.25) is 0 Å². The van der Waals surface area contributed by atoms with Crippen LogP contribution in [0.5, 0.6) is 5.75 Å². The number of hydrogen-bond acceptors (Lipinski definition) is 4. The highest BCUT2D eigenvalue weighted by Gasteiger charge is 2.17. The Morgan fingerprint density at radius 1 is 1.46 bits per heavy atom. The fraction of sp³-hybridized carbons (Fsp3) is 0.400. The Kier molecular flexibility index (Phi) is 5.67. The molecule has 0 fully saturated rings. The molecular weight excluding hydrogens is 320 g/mol. The molecule has 2 amide bonds. The van der Waals surface area contributed by atoms with E-state index < -0.39 is 6.61 Å². The van der Waals surface area contributed by atoms with Crippen molar-refractivity contribution < 1.29 is 18.3 Å². The molecule has 0 aliphatic carbocycles. The predicted octanol–water partition coefficient (Wildman–Crippen LogP) is 2.32. The fourth-order valence-electron chi connectivity index (χ4n) is 2.21. The van der Waals surface area contributed by atoms with E-state index in [1.54, 1.807) is 44.0 Å². The van der Waals surface area contributed by atoms with E-state index in [0.29, 0.717) is 11.4 Å². The quantitative estimate of drug-likeness (QED) is 0.877. The van der Waals surface area contributed by atoms with Crippen molar-refractivity contribution in [1.82, 2.24) is 25.0 Å². The molecule has 0 radical (unpaired) electrons. The number of carbonyl (C=O) groups is 1. The molecular formula is C15H19F2N5O2. The number of aryl methyl sites for hydroxylation is 1. The lowest BCUT2D eigenvalue weighted by Crippen LogP contribution is -2.38. The Bertz CT molecular complexity index is 692. The molecule has 2 rings (SSSR count). The Balaban J connectivity index is 1.95. The van der Waals surface area contributed by atoms with E-state index in [1.807, 2.05) is 0 Å². The molecule has 7 nitrogen and oxygen atoms in total. The van der Waals surface area contributed by atoms with Crippen LogP contribution in [0.15, 0.2) is 30.6 Å². The zero-order valence-corrected chi connectivity index (χ0v) is 13.6. The number of alkyl halides is 2. The van der Waals surface area contributed by atoms with Crippen LogP contribution in [0.25, 0.3) is 0 Å². The van der Waals surface area contributed by atoms with E-state index in [1.165, 1.54) is 17.0 Å². The summed E-state index contributed by atoms with van der Waals surface area (Å²) >= 11 is 0. The highest BCUT2D eigenvalue weighted by molar-refractivity contribution is 5.74. The number of ether oxygens (including phenoxy) is 1. The monoisotopic (exact) mass is 339 g/mol. The van der Waals surface area contributed by atoms with Gasteiger partial charge in [0.15, 0.2) is 5.82 Å². The van der Waals surface area contributed by atoms with Crippen molar-refractivity contribution in [3.8, 4) is 5.75 Å². The summed E-state index contributed by atoms with van der Waals surface area (Å²) in [5.41, 5.74) is 0.678. The maximum atomic E-state index is 12.2. The third-order valence-corrected chi connectivity index (χ3v) is 3.36. The van der Waals surface area contributed by atoms with Crippen molar-refractivity contribution in [3.05, 3.63) is 42.0 Å². The van der Waals surface area contributed by atoms with Crippen LogP contribution in [0.4, 0.5) is 13.6 Å². The molecule has 0 unspecified atom stereocenters. The van der Waals surface area contributed by atoms with Crippen molar-refractivity contribution in [2.45, 2.75) is 26.1 Å². The number of nitrogens with one attached hydrogen (secondary N) is 1. The molecule has 0 spiro atoms. The zero-order chi connectivity index (χ0) is 17.7. The van der Waals surface area contributed by atoms with Crippen molar-refractivity contribution in [3.63, 3.8) is 0 Å². The van der Waals surface area contributed by atoms with E-state index in [9.17, 15) is 13.6 Å². The first-order chi connectivity index (χ1) is 11.4. The fourth-order valence-corrected chi connectivity index (χ4v) is 2.21. The van der Waals surface area contributed by atoms with Crippen molar-refractivity contribution >= 4 is 6.03 Å². The van der Waals surface area contributed by atoms with Crippen molar-refractivity contribution in [1.29, 1.82) is 0 Å².